The summed E-state index contributed by atoms with van der Waals surface area (Å²) in [5.41, 5.74) is 10.6. The molecule has 0 amide bonds. The lowest BCUT2D eigenvalue weighted by Crippen LogP contribution is -2.21. The summed E-state index contributed by atoms with van der Waals surface area (Å²) < 4.78 is 56.5. The average molecular weight is 525 g/mol. The van der Waals surface area contributed by atoms with Crippen LogP contribution in [0.1, 0.15) is 5.56 Å². The van der Waals surface area contributed by atoms with E-state index < -0.39 is 22.0 Å². The molecule has 184 valence electrons. The number of fused-ring (bicyclic) bond motifs is 1. The number of sulfone groups is 1. The maximum atomic E-state index is 11.9. The number of benzene rings is 2. The Kier molecular flexibility index (Phi) is 7.48. The van der Waals surface area contributed by atoms with Gasteiger partial charge in [0.2, 0.25) is 0 Å². The number of nitrogens with zero attached hydrogens (tertiary/aromatic N) is 1. The van der Waals surface area contributed by atoms with Crippen molar-refractivity contribution in [2.24, 2.45) is 0 Å². The maximum Gasteiger partial charge on any atom is 0.490 e. The molecule has 0 saturated carbocycles. The number of rotatable bonds is 4. The number of aliphatic carboxylic acids is 1. The number of carboxylic acid groups (broad SMARTS) is 1. The van der Waals surface area contributed by atoms with E-state index >= 15 is 0 Å². The van der Waals surface area contributed by atoms with E-state index in [0.717, 1.165) is 37.9 Å². The third-order valence-electron chi connectivity index (χ3n) is 4.89. The Morgan fingerprint density at radius 2 is 1.71 bits per heavy atom. The van der Waals surface area contributed by atoms with Gasteiger partial charge in [-0.15, -0.1) is 11.3 Å². The van der Waals surface area contributed by atoms with Crippen molar-refractivity contribution in [3.8, 4) is 22.3 Å². The fourth-order valence-corrected chi connectivity index (χ4v) is 4.96. The molecule has 0 saturated heterocycles. The number of alkyl halides is 3. The molecule has 0 unspecified atom stereocenters. The van der Waals surface area contributed by atoms with E-state index in [1.165, 1.54) is 6.26 Å². The van der Waals surface area contributed by atoms with Gasteiger partial charge in [-0.1, -0.05) is 36.4 Å². The van der Waals surface area contributed by atoms with Gasteiger partial charge >= 0.3 is 12.1 Å². The van der Waals surface area contributed by atoms with Gasteiger partial charge in [-0.25, -0.2) is 18.2 Å². The number of pyridine rings is 1. The van der Waals surface area contributed by atoms with Crippen LogP contribution in [0, 0.1) is 0 Å². The zero-order valence-electron chi connectivity index (χ0n) is 18.1. The Morgan fingerprint density at radius 1 is 1.09 bits per heavy atom. The number of carbonyl (C=O) groups is 1. The number of aliphatic hydroxyl groups excluding tert-OH is 1. The third kappa shape index (κ3) is 5.96. The van der Waals surface area contributed by atoms with Crippen molar-refractivity contribution in [1.29, 1.82) is 0 Å². The lowest BCUT2D eigenvalue weighted by Gasteiger charge is -2.08. The van der Waals surface area contributed by atoms with Gasteiger partial charge in [-0.3, -0.25) is 0 Å². The van der Waals surface area contributed by atoms with Crippen molar-refractivity contribution in [2.45, 2.75) is 17.7 Å². The zero-order valence-corrected chi connectivity index (χ0v) is 19.7. The highest BCUT2D eigenvalue weighted by atomic mass is 32.2. The number of anilines is 1. The molecular weight excluding hydrogens is 505 g/mol. The molecule has 0 aliphatic rings. The third-order valence-corrected chi connectivity index (χ3v) is 7.01. The van der Waals surface area contributed by atoms with E-state index in [9.17, 15) is 26.7 Å². The molecule has 4 aromatic rings. The average Bonchev–Trinajstić information content (AvgIpc) is 3.25. The molecule has 0 aliphatic heterocycles. The largest absolute Gasteiger partial charge is 0.490 e. The van der Waals surface area contributed by atoms with Crippen molar-refractivity contribution >= 4 is 43.0 Å². The highest BCUT2D eigenvalue weighted by molar-refractivity contribution is 7.90. The van der Waals surface area contributed by atoms with Crippen LogP contribution >= 0.6 is 11.3 Å². The van der Waals surface area contributed by atoms with E-state index in [-0.39, 0.29) is 11.5 Å². The molecule has 12 heteroatoms. The zero-order chi connectivity index (χ0) is 26.0. The first-order valence-electron chi connectivity index (χ1n) is 9.79. The number of halogens is 3. The normalized spacial score (nSPS) is 11.7. The van der Waals surface area contributed by atoms with Crippen LogP contribution in [-0.2, 0) is 21.2 Å². The second-order valence-electron chi connectivity index (χ2n) is 7.37. The summed E-state index contributed by atoms with van der Waals surface area (Å²) in [4.78, 5) is 13.5. The second kappa shape index (κ2) is 10.0. The molecule has 0 atom stereocenters. The summed E-state index contributed by atoms with van der Waals surface area (Å²) in [5.74, 6) is -2.33. The van der Waals surface area contributed by atoms with Gasteiger partial charge in [-0.2, -0.15) is 13.2 Å². The molecule has 2 aromatic heterocycles. The van der Waals surface area contributed by atoms with Gasteiger partial charge in [0.1, 0.15) is 5.82 Å². The van der Waals surface area contributed by atoms with E-state index in [0.29, 0.717) is 5.82 Å². The van der Waals surface area contributed by atoms with E-state index in [4.69, 9.17) is 15.6 Å². The van der Waals surface area contributed by atoms with Crippen LogP contribution in [0.4, 0.5) is 19.0 Å². The summed E-state index contributed by atoms with van der Waals surface area (Å²) in [6, 6.07) is 14.5. The van der Waals surface area contributed by atoms with Gasteiger partial charge in [0, 0.05) is 33.7 Å². The van der Waals surface area contributed by atoms with Gasteiger partial charge in [0.05, 0.1) is 11.5 Å². The van der Waals surface area contributed by atoms with Crippen LogP contribution in [0.3, 0.4) is 0 Å². The first-order chi connectivity index (χ1) is 16.3. The first kappa shape index (κ1) is 26.1. The van der Waals surface area contributed by atoms with Gasteiger partial charge in [-0.05, 0) is 34.2 Å². The molecule has 4 rings (SSSR count). The lowest BCUT2D eigenvalue weighted by molar-refractivity contribution is -0.192. The minimum Gasteiger partial charge on any atom is -0.475 e. The topological polar surface area (TPSA) is 131 Å². The number of hydrogen-bond donors (Lipinski definition) is 3. The first-order valence-corrected chi connectivity index (χ1v) is 12.6. The number of aliphatic hydroxyl groups is 1. The highest BCUT2D eigenvalue weighted by Gasteiger charge is 2.38. The van der Waals surface area contributed by atoms with Gasteiger partial charge < -0.3 is 15.9 Å². The smallest absolute Gasteiger partial charge is 0.475 e. The maximum absolute atomic E-state index is 11.9. The van der Waals surface area contributed by atoms with Crippen molar-refractivity contribution in [2.75, 3.05) is 12.0 Å². The van der Waals surface area contributed by atoms with Crippen molar-refractivity contribution in [3.63, 3.8) is 0 Å². The van der Waals surface area contributed by atoms with Crippen LogP contribution in [0.15, 0.2) is 65.0 Å². The Balaban J connectivity index is 0.000000429. The Labute approximate surface area is 202 Å². The SMILES string of the molecule is CS(=O)(=O)c1cccc(-c2cnc(N)c3c(-c4ccc(CO)cc4)csc23)c1.O=C(O)C(F)(F)F. The number of aromatic nitrogens is 1. The van der Waals surface area contributed by atoms with Gasteiger partial charge in [0.15, 0.2) is 9.84 Å². The molecule has 0 spiro atoms. The minimum absolute atomic E-state index is 0.00478. The molecule has 0 bridgehead atoms. The summed E-state index contributed by atoms with van der Waals surface area (Å²) in [7, 11) is -3.30. The summed E-state index contributed by atoms with van der Waals surface area (Å²) in [6.07, 6.45) is -2.20. The highest BCUT2D eigenvalue weighted by Crippen LogP contribution is 2.42. The predicted molar refractivity (Wildman–Crippen MR) is 128 cm³/mol. The molecule has 0 aliphatic carbocycles. The quantitative estimate of drug-likeness (QED) is 0.351. The molecule has 0 radical (unpaired) electrons. The number of nitrogen functional groups attached to an aromatic ring is 1. The fourth-order valence-electron chi connectivity index (χ4n) is 3.17. The summed E-state index contributed by atoms with van der Waals surface area (Å²) in [5, 5.41) is 19.3. The molecule has 2 heterocycles. The number of hydrogen-bond acceptors (Lipinski definition) is 7. The molecule has 0 fully saturated rings. The Hall–Kier alpha value is -3.48. The minimum atomic E-state index is -5.08. The standard InChI is InChI=1S/C21H18N2O3S2.C2HF3O2/c1-28(25,26)16-4-2-3-15(9-16)17-10-23-21(22)19-18(12-27-20(17)19)14-7-5-13(11-24)6-8-14;3-2(4,5)1(6)7/h2-10,12,24H,11H2,1H3,(H2,22,23);(H,6,7). The molecule has 2 aromatic carbocycles. The molecule has 7 nitrogen and oxygen atoms in total. The van der Waals surface area contributed by atoms with Crippen LogP contribution in [0.5, 0.6) is 0 Å². The predicted octanol–water partition coefficient (Wildman–Crippen LogP) is 4.74. The molecule has 35 heavy (non-hydrogen) atoms. The lowest BCUT2D eigenvalue weighted by atomic mass is 10.0. The van der Waals surface area contributed by atoms with E-state index in [1.807, 2.05) is 35.7 Å². The summed E-state index contributed by atoms with van der Waals surface area (Å²) in [6.45, 7) is -0.00478. The number of thiophene rings is 1. The van der Waals surface area contributed by atoms with E-state index in [1.54, 1.807) is 35.7 Å². The van der Waals surface area contributed by atoms with E-state index in [2.05, 4.69) is 4.98 Å². The second-order valence-corrected chi connectivity index (χ2v) is 10.3. The van der Waals surface area contributed by atoms with Crippen molar-refractivity contribution in [3.05, 3.63) is 65.7 Å². The van der Waals surface area contributed by atoms with Crippen LogP contribution in [-0.4, -0.2) is 42.0 Å². The number of nitrogens with two attached hydrogens (primary N) is 1. The van der Waals surface area contributed by atoms with Crippen molar-refractivity contribution < 1.29 is 36.6 Å². The van der Waals surface area contributed by atoms with Gasteiger partial charge in [0.25, 0.3) is 0 Å². The van der Waals surface area contributed by atoms with Crippen LogP contribution in [0.2, 0.25) is 0 Å². The van der Waals surface area contributed by atoms with Crippen LogP contribution in [0.25, 0.3) is 32.3 Å². The molecular formula is C23H19F3N2O5S2. The fraction of sp³-hybridized carbons (Fsp3) is 0.130. The van der Waals surface area contributed by atoms with Crippen molar-refractivity contribution in [1.82, 2.24) is 4.98 Å². The Bertz CT molecular complexity index is 1480. The summed E-state index contributed by atoms with van der Waals surface area (Å²) >= 11 is 1.55. The molecule has 4 N–H and O–H groups in total. The monoisotopic (exact) mass is 524 g/mol. The Morgan fingerprint density at radius 3 is 2.26 bits per heavy atom. The number of carboxylic acids is 1. The van der Waals surface area contributed by atoms with Crippen LogP contribution < -0.4 is 5.73 Å².